The predicted octanol–water partition coefficient (Wildman–Crippen LogP) is 2.80. The van der Waals surface area contributed by atoms with E-state index >= 15 is 0 Å². The van der Waals surface area contributed by atoms with Gasteiger partial charge in [-0.2, -0.15) is 5.10 Å². The summed E-state index contributed by atoms with van der Waals surface area (Å²) in [6.07, 6.45) is 3.22. The zero-order chi connectivity index (χ0) is 13.3. The average molecular weight is 277 g/mol. The van der Waals surface area contributed by atoms with Gasteiger partial charge in [-0.15, -0.1) is 11.3 Å². The lowest BCUT2D eigenvalue weighted by molar-refractivity contribution is 0.0881. The van der Waals surface area contributed by atoms with Crippen molar-refractivity contribution in [3.63, 3.8) is 0 Å². The maximum atomic E-state index is 5.66. The van der Waals surface area contributed by atoms with Crippen molar-refractivity contribution < 1.29 is 4.74 Å². The van der Waals surface area contributed by atoms with E-state index < -0.39 is 0 Å². The third-order valence-corrected chi connectivity index (χ3v) is 4.94. The first-order valence-corrected chi connectivity index (χ1v) is 7.50. The molecule has 3 rings (SSSR count). The van der Waals surface area contributed by atoms with E-state index in [4.69, 9.17) is 4.74 Å². The van der Waals surface area contributed by atoms with Crippen LogP contribution in [0.4, 0.5) is 0 Å². The van der Waals surface area contributed by atoms with Crippen LogP contribution in [0.2, 0.25) is 0 Å². The molecule has 0 radical (unpaired) electrons. The van der Waals surface area contributed by atoms with Crippen molar-refractivity contribution in [2.45, 2.75) is 38.5 Å². The van der Waals surface area contributed by atoms with Gasteiger partial charge in [0.1, 0.15) is 0 Å². The topological polar surface area (TPSA) is 49.9 Å². The second-order valence-corrected chi connectivity index (χ2v) is 6.23. The van der Waals surface area contributed by atoms with E-state index in [1.165, 1.54) is 10.4 Å². The Hall–Kier alpha value is -1.17. The lowest BCUT2D eigenvalue weighted by Gasteiger charge is -2.29. The summed E-state index contributed by atoms with van der Waals surface area (Å²) in [4.78, 5) is 1.23. The zero-order valence-corrected chi connectivity index (χ0v) is 12.1. The first-order valence-electron chi connectivity index (χ1n) is 6.62. The third kappa shape index (κ3) is 2.45. The van der Waals surface area contributed by atoms with E-state index in [-0.39, 0.29) is 11.6 Å². The fourth-order valence-electron chi connectivity index (χ4n) is 2.44. The molecule has 1 aliphatic heterocycles. The SMILES string of the molecule is CC1OCCC1(C)NCc1cn[nH]c1-c1cccs1. The molecule has 2 atom stereocenters. The van der Waals surface area contributed by atoms with Gasteiger partial charge >= 0.3 is 0 Å². The van der Waals surface area contributed by atoms with E-state index in [0.29, 0.717) is 0 Å². The molecule has 0 aromatic carbocycles. The van der Waals surface area contributed by atoms with Crippen LogP contribution in [0.3, 0.4) is 0 Å². The van der Waals surface area contributed by atoms with Crippen molar-refractivity contribution in [2.24, 2.45) is 0 Å². The van der Waals surface area contributed by atoms with E-state index in [1.807, 2.05) is 6.20 Å². The number of nitrogens with zero attached hydrogens (tertiary/aromatic N) is 1. The molecule has 5 heteroatoms. The largest absolute Gasteiger partial charge is 0.377 e. The predicted molar refractivity (Wildman–Crippen MR) is 77.2 cm³/mol. The van der Waals surface area contributed by atoms with E-state index in [1.54, 1.807) is 11.3 Å². The normalized spacial score (nSPS) is 26.9. The Morgan fingerprint density at radius 1 is 1.63 bits per heavy atom. The monoisotopic (exact) mass is 277 g/mol. The highest BCUT2D eigenvalue weighted by Crippen LogP contribution is 2.28. The van der Waals surface area contributed by atoms with Crippen molar-refractivity contribution >= 4 is 11.3 Å². The van der Waals surface area contributed by atoms with Gasteiger partial charge in [0.05, 0.1) is 22.9 Å². The lowest BCUT2D eigenvalue weighted by Crippen LogP contribution is -2.47. The van der Waals surface area contributed by atoms with Crippen LogP contribution in [-0.4, -0.2) is 28.4 Å². The first kappa shape index (κ1) is 12.8. The molecule has 0 spiro atoms. The molecule has 1 fully saturated rings. The summed E-state index contributed by atoms with van der Waals surface area (Å²) >= 11 is 1.73. The number of H-pyrrole nitrogens is 1. The Kier molecular flexibility index (Phi) is 3.43. The number of thiophene rings is 1. The fourth-order valence-corrected chi connectivity index (χ4v) is 3.20. The van der Waals surface area contributed by atoms with Gasteiger partial charge < -0.3 is 10.1 Å². The Morgan fingerprint density at radius 2 is 2.53 bits per heavy atom. The second kappa shape index (κ2) is 5.07. The Morgan fingerprint density at radius 3 is 3.21 bits per heavy atom. The first-order chi connectivity index (χ1) is 9.19. The van der Waals surface area contributed by atoms with Crippen LogP contribution >= 0.6 is 11.3 Å². The molecule has 0 saturated carbocycles. The van der Waals surface area contributed by atoms with Crippen LogP contribution in [0.5, 0.6) is 0 Å². The number of nitrogens with one attached hydrogen (secondary N) is 2. The van der Waals surface area contributed by atoms with Gasteiger partial charge in [-0.3, -0.25) is 5.10 Å². The van der Waals surface area contributed by atoms with Crippen molar-refractivity contribution in [1.82, 2.24) is 15.5 Å². The maximum Gasteiger partial charge on any atom is 0.0794 e. The van der Waals surface area contributed by atoms with Crippen molar-refractivity contribution in [1.29, 1.82) is 0 Å². The average Bonchev–Trinajstić information content (AvgIpc) is 3.09. The van der Waals surface area contributed by atoms with Crippen LogP contribution in [0, 0.1) is 0 Å². The number of hydrogen-bond donors (Lipinski definition) is 2. The molecule has 2 unspecified atom stereocenters. The van der Waals surface area contributed by atoms with E-state index in [2.05, 4.69) is 46.9 Å². The molecule has 19 heavy (non-hydrogen) atoms. The summed E-state index contributed by atoms with van der Waals surface area (Å²) in [5.41, 5.74) is 2.39. The molecule has 0 amide bonds. The van der Waals surface area contributed by atoms with Gasteiger partial charge in [0, 0.05) is 24.3 Å². The molecule has 2 aromatic heterocycles. The van der Waals surface area contributed by atoms with Crippen LogP contribution in [0.25, 0.3) is 10.6 Å². The standard InChI is InChI=1S/C14H19N3OS/c1-10-14(2,5-6-18-10)15-8-11-9-16-17-13(11)12-4-3-7-19-12/h3-4,7,9-10,15H,5-6,8H2,1-2H3,(H,16,17). The summed E-state index contributed by atoms with van der Waals surface area (Å²) in [5, 5.41) is 13.0. The van der Waals surface area contributed by atoms with Crippen LogP contribution < -0.4 is 5.32 Å². The third-order valence-electron chi connectivity index (χ3n) is 4.05. The van der Waals surface area contributed by atoms with Crippen LogP contribution in [0.15, 0.2) is 23.7 Å². The highest BCUT2D eigenvalue weighted by Gasteiger charge is 2.36. The van der Waals surface area contributed by atoms with Crippen LogP contribution in [-0.2, 0) is 11.3 Å². The number of ether oxygens (including phenoxy) is 1. The fraction of sp³-hybridized carbons (Fsp3) is 0.500. The molecule has 3 heterocycles. The van der Waals surface area contributed by atoms with Crippen molar-refractivity contribution in [2.75, 3.05) is 6.61 Å². The molecule has 2 N–H and O–H groups in total. The maximum absolute atomic E-state index is 5.66. The highest BCUT2D eigenvalue weighted by molar-refractivity contribution is 7.13. The van der Waals surface area contributed by atoms with Gasteiger partial charge in [-0.05, 0) is 31.7 Å². The van der Waals surface area contributed by atoms with Crippen molar-refractivity contribution in [3.8, 4) is 10.6 Å². The molecule has 1 saturated heterocycles. The Balaban J connectivity index is 1.73. The minimum Gasteiger partial charge on any atom is -0.377 e. The molecule has 2 aromatic rings. The molecular formula is C14H19N3OS. The summed E-state index contributed by atoms with van der Waals surface area (Å²) in [5.74, 6) is 0. The molecule has 1 aliphatic rings. The van der Waals surface area contributed by atoms with E-state index in [9.17, 15) is 0 Å². The van der Waals surface area contributed by atoms with Gasteiger partial charge in [0.15, 0.2) is 0 Å². The summed E-state index contributed by atoms with van der Waals surface area (Å²) in [6, 6.07) is 4.18. The minimum atomic E-state index is 0.0595. The number of aromatic amines is 1. The summed E-state index contributed by atoms with van der Waals surface area (Å²) in [6.45, 7) is 6.02. The Bertz CT molecular complexity index is 537. The molecular weight excluding hydrogens is 258 g/mol. The molecule has 102 valence electrons. The molecule has 4 nitrogen and oxygen atoms in total. The number of aromatic nitrogens is 2. The Labute approximate surface area is 117 Å². The summed E-state index contributed by atoms with van der Waals surface area (Å²) in [7, 11) is 0. The van der Waals surface area contributed by atoms with Gasteiger partial charge in [0.25, 0.3) is 0 Å². The van der Waals surface area contributed by atoms with E-state index in [0.717, 1.165) is 25.3 Å². The van der Waals surface area contributed by atoms with Gasteiger partial charge in [0.2, 0.25) is 0 Å². The van der Waals surface area contributed by atoms with Gasteiger partial charge in [-0.25, -0.2) is 0 Å². The molecule has 0 aliphatic carbocycles. The highest BCUT2D eigenvalue weighted by atomic mass is 32.1. The number of rotatable bonds is 4. The minimum absolute atomic E-state index is 0.0595. The smallest absolute Gasteiger partial charge is 0.0794 e. The second-order valence-electron chi connectivity index (χ2n) is 5.28. The van der Waals surface area contributed by atoms with Gasteiger partial charge in [-0.1, -0.05) is 6.07 Å². The lowest BCUT2D eigenvalue weighted by atomic mass is 9.94. The van der Waals surface area contributed by atoms with Crippen LogP contribution in [0.1, 0.15) is 25.8 Å². The quantitative estimate of drug-likeness (QED) is 0.903. The number of hydrogen-bond acceptors (Lipinski definition) is 4. The molecule has 0 bridgehead atoms. The zero-order valence-electron chi connectivity index (χ0n) is 11.3. The van der Waals surface area contributed by atoms with Crippen molar-refractivity contribution in [3.05, 3.63) is 29.3 Å². The summed E-state index contributed by atoms with van der Waals surface area (Å²) < 4.78 is 5.66.